The van der Waals surface area contributed by atoms with Gasteiger partial charge < -0.3 is 15.0 Å². The van der Waals surface area contributed by atoms with Gasteiger partial charge in [-0.25, -0.2) is 4.98 Å². The van der Waals surface area contributed by atoms with E-state index in [1.54, 1.807) is 12.4 Å². The minimum absolute atomic E-state index is 0.0979. The van der Waals surface area contributed by atoms with Crippen molar-refractivity contribution in [3.05, 3.63) is 18.2 Å². The van der Waals surface area contributed by atoms with E-state index in [4.69, 9.17) is 4.74 Å². The maximum atomic E-state index is 12.0. The van der Waals surface area contributed by atoms with Gasteiger partial charge >= 0.3 is 5.97 Å². The van der Waals surface area contributed by atoms with Crippen LogP contribution in [0.1, 0.15) is 25.1 Å². The number of methoxy groups -OCH3 is 1. The van der Waals surface area contributed by atoms with Crippen molar-refractivity contribution in [2.75, 3.05) is 7.11 Å². The molecule has 1 aliphatic rings. The minimum atomic E-state index is -0.299. The molecule has 1 saturated carbocycles. The van der Waals surface area contributed by atoms with Crippen LogP contribution in [0.2, 0.25) is 0 Å². The van der Waals surface area contributed by atoms with Crippen LogP contribution in [0.15, 0.2) is 12.4 Å². The molecule has 1 heterocycles. The molecule has 6 heteroatoms. The van der Waals surface area contributed by atoms with Crippen molar-refractivity contribution in [1.29, 1.82) is 0 Å². The van der Waals surface area contributed by atoms with Crippen molar-refractivity contribution in [3.63, 3.8) is 0 Å². The van der Waals surface area contributed by atoms with Crippen molar-refractivity contribution in [2.45, 2.75) is 25.8 Å². The van der Waals surface area contributed by atoms with Crippen LogP contribution in [0.25, 0.3) is 0 Å². The van der Waals surface area contributed by atoms with Crippen LogP contribution in [0.5, 0.6) is 0 Å². The Bertz CT molecular complexity index is 416. The summed E-state index contributed by atoms with van der Waals surface area (Å²) in [5.74, 6) is -0.250. The van der Waals surface area contributed by atoms with Gasteiger partial charge in [-0.15, -0.1) is 0 Å². The molecule has 6 nitrogen and oxygen atoms in total. The first kappa shape index (κ1) is 12.6. The number of nitrogens with zero attached hydrogens (tertiary/aromatic N) is 1. The van der Waals surface area contributed by atoms with Crippen molar-refractivity contribution in [3.8, 4) is 0 Å². The second-order valence-corrected chi connectivity index (χ2v) is 4.42. The highest BCUT2D eigenvalue weighted by Crippen LogP contribution is 2.32. The maximum absolute atomic E-state index is 12.0. The summed E-state index contributed by atoms with van der Waals surface area (Å²) in [4.78, 5) is 30.5. The largest absolute Gasteiger partial charge is 0.469 e. The molecule has 98 valence electrons. The molecule has 1 aliphatic carbocycles. The number of rotatable bonds is 4. The molecule has 2 N–H and O–H groups in total. The zero-order valence-corrected chi connectivity index (χ0v) is 10.3. The molecule has 1 aromatic rings. The molecule has 2 atom stereocenters. The number of carbonyl (C=O) groups excluding carboxylic acids is 2. The topological polar surface area (TPSA) is 84.1 Å². The Morgan fingerprint density at radius 2 is 2.28 bits per heavy atom. The number of amides is 1. The van der Waals surface area contributed by atoms with Gasteiger partial charge in [0.1, 0.15) is 5.82 Å². The summed E-state index contributed by atoms with van der Waals surface area (Å²) < 4.78 is 4.73. The molecule has 1 aromatic heterocycles. The Hall–Kier alpha value is -1.85. The molecule has 0 unspecified atom stereocenters. The molecular formula is C12H17N3O3. The number of esters is 1. The molecule has 2 rings (SSSR count). The van der Waals surface area contributed by atoms with Gasteiger partial charge in [-0.2, -0.15) is 0 Å². The van der Waals surface area contributed by atoms with Crippen molar-refractivity contribution >= 4 is 11.9 Å². The summed E-state index contributed by atoms with van der Waals surface area (Å²) in [6.07, 6.45) is 5.69. The number of hydrogen-bond acceptors (Lipinski definition) is 4. The van der Waals surface area contributed by atoms with Gasteiger partial charge in [-0.05, 0) is 12.8 Å². The predicted octanol–water partition coefficient (Wildman–Crippen LogP) is 0.615. The first-order valence-electron chi connectivity index (χ1n) is 6.06. The van der Waals surface area contributed by atoms with Gasteiger partial charge in [0.15, 0.2) is 0 Å². The van der Waals surface area contributed by atoms with E-state index >= 15 is 0 Å². The standard InChI is InChI=1S/C12H17N3O3/c1-18-12(17)9-4-2-3-8(9)11(16)15-7-10-13-5-6-14-10/h5-6,8-9H,2-4,7H2,1H3,(H,13,14)(H,15,16)/t8-,9-/m0/s1. The molecule has 0 bridgehead atoms. The molecule has 0 aromatic carbocycles. The number of aromatic nitrogens is 2. The molecule has 1 fully saturated rings. The van der Waals surface area contributed by atoms with Crippen molar-refractivity contribution in [1.82, 2.24) is 15.3 Å². The molecule has 0 spiro atoms. The Balaban J connectivity index is 1.89. The number of ether oxygens (including phenoxy) is 1. The summed E-state index contributed by atoms with van der Waals surface area (Å²) in [6, 6.07) is 0. The third-order valence-electron chi connectivity index (χ3n) is 3.34. The highest BCUT2D eigenvalue weighted by molar-refractivity contribution is 5.85. The fourth-order valence-electron chi connectivity index (χ4n) is 2.40. The molecule has 18 heavy (non-hydrogen) atoms. The second kappa shape index (κ2) is 5.66. The summed E-state index contributed by atoms with van der Waals surface area (Å²) in [6.45, 7) is 0.357. The van der Waals surface area contributed by atoms with E-state index in [0.29, 0.717) is 12.4 Å². The lowest BCUT2D eigenvalue weighted by atomic mass is 9.95. The second-order valence-electron chi connectivity index (χ2n) is 4.42. The Morgan fingerprint density at radius 1 is 1.50 bits per heavy atom. The maximum Gasteiger partial charge on any atom is 0.309 e. The van der Waals surface area contributed by atoms with E-state index in [1.165, 1.54) is 7.11 Å². The van der Waals surface area contributed by atoms with Crippen LogP contribution < -0.4 is 5.32 Å². The first-order chi connectivity index (χ1) is 8.72. The Morgan fingerprint density at radius 3 is 2.94 bits per heavy atom. The SMILES string of the molecule is COC(=O)[C@H]1CCC[C@@H]1C(=O)NCc1ncc[nH]1. The fourth-order valence-corrected chi connectivity index (χ4v) is 2.40. The monoisotopic (exact) mass is 251 g/mol. The Labute approximate surface area is 105 Å². The van der Waals surface area contributed by atoms with Crippen LogP contribution in [-0.2, 0) is 20.9 Å². The summed E-state index contributed by atoms with van der Waals surface area (Å²) in [5, 5.41) is 2.80. The van der Waals surface area contributed by atoms with Gasteiger partial charge in [0, 0.05) is 12.4 Å². The number of carbonyl (C=O) groups is 2. The van der Waals surface area contributed by atoms with Crippen LogP contribution >= 0.6 is 0 Å². The number of imidazole rings is 1. The lowest BCUT2D eigenvalue weighted by molar-refractivity contribution is -0.149. The number of aromatic amines is 1. The van der Waals surface area contributed by atoms with Crippen molar-refractivity contribution in [2.24, 2.45) is 11.8 Å². The number of nitrogens with one attached hydrogen (secondary N) is 2. The van der Waals surface area contributed by atoms with E-state index in [-0.39, 0.29) is 23.7 Å². The van der Waals surface area contributed by atoms with Crippen molar-refractivity contribution < 1.29 is 14.3 Å². The molecule has 1 amide bonds. The normalized spacial score (nSPS) is 22.7. The quantitative estimate of drug-likeness (QED) is 0.768. The van der Waals surface area contributed by atoms with E-state index < -0.39 is 0 Å². The predicted molar refractivity (Wildman–Crippen MR) is 63.3 cm³/mol. The molecular weight excluding hydrogens is 234 g/mol. The molecule has 0 saturated heterocycles. The minimum Gasteiger partial charge on any atom is -0.469 e. The lowest BCUT2D eigenvalue weighted by Crippen LogP contribution is -2.35. The average molecular weight is 251 g/mol. The fraction of sp³-hybridized carbons (Fsp3) is 0.583. The summed E-state index contributed by atoms with van der Waals surface area (Å²) in [5.41, 5.74) is 0. The van der Waals surface area contributed by atoms with E-state index in [0.717, 1.165) is 19.3 Å². The zero-order chi connectivity index (χ0) is 13.0. The number of hydrogen-bond donors (Lipinski definition) is 2. The number of H-pyrrole nitrogens is 1. The third-order valence-corrected chi connectivity index (χ3v) is 3.34. The van der Waals surface area contributed by atoms with Crippen LogP contribution in [0, 0.1) is 11.8 Å². The molecule has 0 radical (unpaired) electrons. The zero-order valence-electron chi connectivity index (χ0n) is 10.3. The van der Waals surface area contributed by atoms with E-state index in [1.807, 2.05) is 0 Å². The summed E-state index contributed by atoms with van der Waals surface area (Å²) in [7, 11) is 1.36. The molecule has 0 aliphatic heterocycles. The van der Waals surface area contributed by atoms with Gasteiger partial charge in [-0.3, -0.25) is 9.59 Å². The van der Waals surface area contributed by atoms with Gasteiger partial charge in [0.25, 0.3) is 0 Å². The van der Waals surface area contributed by atoms with Gasteiger partial charge in [-0.1, -0.05) is 6.42 Å². The Kier molecular flexibility index (Phi) is 3.96. The highest BCUT2D eigenvalue weighted by atomic mass is 16.5. The summed E-state index contributed by atoms with van der Waals surface area (Å²) >= 11 is 0. The van der Waals surface area contributed by atoms with E-state index in [9.17, 15) is 9.59 Å². The van der Waals surface area contributed by atoms with Gasteiger partial charge in [0.2, 0.25) is 5.91 Å². The smallest absolute Gasteiger partial charge is 0.309 e. The average Bonchev–Trinajstić information content (AvgIpc) is 3.05. The van der Waals surface area contributed by atoms with E-state index in [2.05, 4.69) is 15.3 Å². The lowest BCUT2D eigenvalue weighted by Gasteiger charge is -2.16. The van der Waals surface area contributed by atoms with Crippen LogP contribution in [-0.4, -0.2) is 29.0 Å². The first-order valence-corrected chi connectivity index (χ1v) is 6.06. The van der Waals surface area contributed by atoms with Crippen LogP contribution in [0.3, 0.4) is 0 Å². The van der Waals surface area contributed by atoms with Crippen LogP contribution in [0.4, 0.5) is 0 Å². The highest BCUT2D eigenvalue weighted by Gasteiger charge is 2.38. The van der Waals surface area contributed by atoms with Gasteiger partial charge in [0.05, 0.1) is 25.5 Å². The third kappa shape index (κ3) is 2.69.